The van der Waals surface area contributed by atoms with Crippen molar-refractivity contribution in [2.45, 2.75) is 45.1 Å². The average Bonchev–Trinajstić information content (AvgIpc) is 2.80. The van der Waals surface area contributed by atoms with Crippen molar-refractivity contribution in [1.82, 2.24) is 15.1 Å². The Morgan fingerprint density at radius 2 is 1.55 bits per heavy atom. The minimum atomic E-state index is 0.0549. The molecule has 0 aliphatic carbocycles. The monoisotopic (exact) mass is 393 g/mol. The molecule has 0 bridgehead atoms. The summed E-state index contributed by atoms with van der Waals surface area (Å²) in [4.78, 5) is 17.2. The van der Waals surface area contributed by atoms with Crippen LogP contribution in [0.4, 0.5) is 4.79 Å². The zero-order valence-electron chi connectivity index (χ0n) is 17.9. The van der Waals surface area contributed by atoms with E-state index in [1.54, 1.807) is 0 Å². The van der Waals surface area contributed by atoms with Crippen molar-refractivity contribution in [3.8, 4) is 0 Å². The first-order valence-corrected chi connectivity index (χ1v) is 11.0. The van der Waals surface area contributed by atoms with Gasteiger partial charge in [-0.3, -0.25) is 0 Å². The van der Waals surface area contributed by atoms with Crippen LogP contribution in [0.1, 0.15) is 44.2 Å². The van der Waals surface area contributed by atoms with Crippen molar-refractivity contribution in [2.75, 3.05) is 32.7 Å². The van der Waals surface area contributed by atoms with Crippen molar-refractivity contribution in [2.24, 2.45) is 0 Å². The molecule has 1 aliphatic heterocycles. The zero-order chi connectivity index (χ0) is 20.5. The molecule has 2 amide bonds. The van der Waals surface area contributed by atoms with Crippen molar-refractivity contribution < 1.29 is 4.79 Å². The van der Waals surface area contributed by atoms with Crippen LogP contribution < -0.4 is 5.32 Å². The number of rotatable bonds is 8. The van der Waals surface area contributed by atoms with E-state index in [1.165, 1.54) is 5.56 Å². The fourth-order valence-electron chi connectivity index (χ4n) is 4.41. The Hall–Kier alpha value is -2.33. The van der Waals surface area contributed by atoms with Crippen LogP contribution in [-0.4, -0.2) is 48.6 Å². The predicted octanol–water partition coefficient (Wildman–Crippen LogP) is 4.66. The van der Waals surface area contributed by atoms with Crippen molar-refractivity contribution in [1.29, 1.82) is 0 Å². The average molecular weight is 394 g/mol. The maximum absolute atomic E-state index is 12.7. The van der Waals surface area contributed by atoms with Gasteiger partial charge < -0.3 is 15.1 Å². The molecule has 1 N–H and O–H groups in total. The van der Waals surface area contributed by atoms with Crippen LogP contribution in [0.25, 0.3) is 0 Å². The second kappa shape index (κ2) is 10.4. The second-order valence-corrected chi connectivity index (χ2v) is 8.05. The van der Waals surface area contributed by atoms with Crippen molar-refractivity contribution >= 4 is 6.03 Å². The summed E-state index contributed by atoms with van der Waals surface area (Å²) in [6.45, 7) is 9.98. The van der Waals surface area contributed by atoms with Gasteiger partial charge in [0.05, 0.1) is 0 Å². The molecule has 0 aromatic heterocycles. The van der Waals surface area contributed by atoms with Crippen LogP contribution in [0.2, 0.25) is 0 Å². The summed E-state index contributed by atoms with van der Waals surface area (Å²) in [6.07, 6.45) is 3.20. The fraction of sp³-hybridized carbons (Fsp3) is 0.480. The molecule has 3 rings (SSSR count). The Morgan fingerprint density at radius 3 is 2.14 bits per heavy atom. The van der Waals surface area contributed by atoms with Gasteiger partial charge in [0.25, 0.3) is 0 Å². The maximum atomic E-state index is 12.7. The number of hydrogen-bond acceptors (Lipinski definition) is 2. The zero-order valence-corrected chi connectivity index (χ0v) is 17.9. The fourth-order valence-corrected chi connectivity index (χ4v) is 4.41. The van der Waals surface area contributed by atoms with E-state index in [4.69, 9.17) is 0 Å². The normalized spacial score (nSPS) is 16.0. The summed E-state index contributed by atoms with van der Waals surface area (Å²) in [6, 6.07) is 21.1. The van der Waals surface area contributed by atoms with E-state index in [0.29, 0.717) is 6.54 Å². The highest BCUT2D eigenvalue weighted by atomic mass is 16.2. The van der Waals surface area contributed by atoms with Gasteiger partial charge in [0.1, 0.15) is 0 Å². The Balaban J connectivity index is 1.61. The summed E-state index contributed by atoms with van der Waals surface area (Å²) < 4.78 is 0. The minimum Gasteiger partial charge on any atom is -0.334 e. The predicted molar refractivity (Wildman–Crippen MR) is 120 cm³/mol. The summed E-state index contributed by atoms with van der Waals surface area (Å²) in [7, 11) is 0. The van der Waals surface area contributed by atoms with E-state index < -0.39 is 0 Å². The van der Waals surface area contributed by atoms with Gasteiger partial charge in [-0.2, -0.15) is 0 Å². The number of benzene rings is 2. The number of hydrogen-bond donors (Lipinski definition) is 1. The molecule has 1 heterocycles. The lowest BCUT2D eigenvalue weighted by Crippen LogP contribution is -2.49. The molecule has 0 atom stereocenters. The number of carbonyl (C=O) groups is 1. The molecule has 4 heteroatoms. The quantitative estimate of drug-likeness (QED) is 0.708. The van der Waals surface area contributed by atoms with Gasteiger partial charge in [-0.05, 0) is 55.4 Å². The number of amides is 2. The molecule has 0 unspecified atom stereocenters. The first kappa shape index (κ1) is 21.4. The molecule has 0 radical (unpaired) electrons. The third-order valence-corrected chi connectivity index (χ3v) is 6.48. The lowest BCUT2D eigenvalue weighted by molar-refractivity contribution is 0.143. The van der Waals surface area contributed by atoms with Gasteiger partial charge in [-0.1, -0.05) is 74.5 Å². The Morgan fingerprint density at radius 1 is 0.966 bits per heavy atom. The number of urea groups is 1. The molecular weight excluding hydrogens is 358 g/mol. The van der Waals surface area contributed by atoms with Crippen molar-refractivity contribution in [3.05, 3.63) is 71.8 Å². The molecule has 4 nitrogen and oxygen atoms in total. The number of likely N-dealkylation sites (tertiary alicyclic amines) is 1. The van der Waals surface area contributed by atoms with Gasteiger partial charge in [-0.25, -0.2) is 4.79 Å². The summed E-state index contributed by atoms with van der Waals surface area (Å²) in [5.41, 5.74) is 2.73. The first-order chi connectivity index (χ1) is 14.2. The molecule has 1 aliphatic rings. The summed E-state index contributed by atoms with van der Waals surface area (Å²) in [5.74, 6) is 0. The van der Waals surface area contributed by atoms with E-state index >= 15 is 0 Å². The second-order valence-electron chi connectivity index (χ2n) is 8.05. The molecule has 1 saturated heterocycles. The van der Waals surface area contributed by atoms with E-state index in [-0.39, 0.29) is 11.4 Å². The van der Waals surface area contributed by atoms with E-state index in [1.807, 2.05) is 35.2 Å². The van der Waals surface area contributed by atoms with E-state index in [2.05, 4.69) is 54.4 Å². The molecule has 0 saturated carbocycles. The summed E-state index contributed by atoms with van der Waals surface area (Å²) >= 11 is 0. The smallest absolute Gasteiger partial charge is 0.317 e. The highest BCUT2D eigenvalue weighted by Crippen LogP contribution is 2.38. The maximum Gasteiger partial charge on any atom is 0.317 e. The van der Waals surface area contributed by atoms with E-state index in [9.17, 15) is 4.79 Å². The van der Waals surface area contributed by atoms with Gasteiger partial charge in [0, 0.05) is 19.6 Å². The van der Waals surface area contributed by atoms with Crippen LogP contribution in [0.5, 0.6) is 0 Å². The SMILES string of the molecule is CCN(CC)CCC1(c2ccccc2)CCN(C(=O)NCc2ccccc2)CC1. The Kier molecular flexibility index (Phi) is 7.70. The minimum absolute atomic E-state index is 0.0549. The molecular formula is C25H35N3O. The number of piperidine rings is 1. The highest BCUT2D eigenvalue weighted by molar-refractivity contribution is 5.74. The van der Waals surface area contributed by atoms with Crippen LogP contribution in [-0.2, 0) is 12.0 Å². The number of carbonyl (C=O) groups excluding carboxylic acids is 1. The van der Waals surface area contributed by atoms with Crippen LogP contribution >= 0.6 is 0 Å². The largest absolute Gasteiger partial charge is 0.334 e. The van der Waals surface area contributed by atoms with Crippen molar-refractivity contribution in [3.63, 3.8) is 0 Å². The van der Waals surface area contributed by atoms with E-state index in [0.717, 1.165) is 57.5 Å². The van der Waals surface area contributed by atoms with Gasteiger partial charge in [0.2, 0.25) is 0 Å². The lowest BCUT2D eigenvalue weighted by Gasteiger charge is -2.43. The third kappa shape index (κ3) is 5.60. The molecule has 2 aromatic carbocycles. The van der Waals surface area contributed by atoms with Crippen LogP contribution in [0.15, 0.2) is 60.7 Å². The number of nitrogens with zero attached hydrogens (tertiary/aromatic N) is 2. The van der Waals surface area contributed by atoms with Crippen LogP contribution in [0, 0.1) is 0 Å². The highest BCUT2D eigenvalue weighted by Gasteiger charge is 2.37. The first-order valence-electron chi connectivity index (χ1n) is 11.0. The van der Waals surface area contributed by atoms with Gasteiger partial charge >= 0.3 is 6.03 Å². The van der Waals surface area contributed by atoms with Gasteiger partial charge in [0.15, 0.2) is 0 Å². The molecule has 0 spiro atoms. The standard InChI is InChI=1S/C25H35N3O/c1-3-27(4-2)18-15-25(23-13-9-6-10-14-23)16-19-28(20-17-25)24(29)26-21-22-11-7-5-8-12-22/h5-14H,3-4,15-21H2,1-2H3,(H,26,29). The Bertz CT molecular complexity index is 735. The third-order valence-electron chi connectivity index (χ3n) is 6.48. The number of nitrogens with one attached hydrogen (secondary N) is 1. The summed E-state index contributed by atoms with van der Waals surface area (Å²) in [5, 5.41) is 3.08. The molecule has 1 fully saturated rings. The lowest BCUT2D eigenvalue weighted by atomic mass is 9.70. The molecule has 29 heavy (non-hydrogen) atoms. The van der Waals surface area contributed by atoms with Gasteiger partial charge in [-0.15, -0.1) is 0 Å². The molecule has 156 valence electrons. The topological polar surface area (TPSA) is 35.6 Å². The molecule has 2 aromatic rings. The van der Waals surface area contributed by atoms with Crippen LogP contribution in [0.3, 0.4) is 0 Å². The Labute approximate surface area is 175 Å².